The van der Waals surface area contributed by atoms with Crippen molar-refractivity contribution < 1.29 is 10.2 Å². The zero-order valence-electron chi connectivity index (χ0n) is 13.2. The molecule has 2 aliphatic carbocycles. The molecule has 6 nitrogen and oxygen atoms in total. The lowest BCUT2D eigenvalue weighted by molar-refractivity contribution is 0.125. The molecule has 1 aromatic rings. The van der Waals surface area contributed by atoms with E-state index in [2.05, 4.69) is 20.6 Å². The van der Waals surface area contributed by atoms with Crippen LogP contribution in [-0.2, 0) is 0 Å². The number of aliphatic hydroxyl groups is 2. The minimum atomic E-state index is -0.174. The van der Waals surface area contributed by atoms with E-state index < -0.39 is 0 Å². The van der Waals surface area contributed by atoms with Gasteiger partial charge in [-0.2, -0.15) is 4.98 Å². The quantitative estimate of drug-likeness (QED) is 0.630. The predicted octanol–water partition coefficient (Wildman–Crippen LogP) is 2.56. The van der Waals surface area contributed by atoms with Crippen molar-refractivity contribution in [3.05, 3.63) is 11.2 Å². The zero-order chi connectivity index (χ0) is 16.2. The maximum absolute atomic E-state index is 9.58. The van der Waals surface area contributed by atoms with Crippen molar-refractivity contribution in [2.24, 2.45) is 0 Å². The number of hydrogen-bond acceptors (Lipinski definition) is 6. The topological polar surface area (TPSA) is 90.3 Å². The van der Waals surface area contributed by atoms with Crippen LogP contribution in [-0.4, -0.2) is 44.5 Å². The first-order chi connectivity index (χ1) is 11.1. The lowest BCUT2D eigenvalue weighted by atomic mass is 9.93. The van der Waals surface area contributed by atoms with E-state index in [1.807, 2.05) is 0 Å². The van der Waals surface area contributed by atoms with Crippen molar-refractivity contribution >= 4 is 23.4 Å². The Balaban J connectivity index is 1.60. The third-order valence-corrected chi connectivity index (χ3v) is 4.97. The highest BCUT2D eigenvalue weighted by Crippen LogP contribution is 2.25. The Morgan fingerprint density at radius 1 is 0.826 bits per heavy atom. The van der Waals surface area contributed by atoms with Gasteiger partial charge in [0.05, 0.1) is 12.2 Å². The molecule has 2 fully saturated rings. The second-order valence-corrected chi connectivity index (χ2v) is 7.09. The summed E-state index contributed by atoms with van der Waals surface area (Å²) < 4.78 is 0. The molecule has 0 radical (unpaired) electrons. The molecule has 0 aliphatic heterocycles. The first-order valence-corrected chi connectivity index (χ1v) is 8.90. The van der Waals surface area contributed by atoms with Gasteiger partial charge in [0, 0.05) is 18.2 Å². The van der Waals surface area contributed by atoms with Crippen LogP contribution in [0.15, 0.2) is 6.07 Å². The molecular formula is C16H25ClN4O2. The molecular weight excluding hydrogens is 316 g/mol. The van der Waals surface area contributed by atoms with Gasteiger partial charge < -0.3 is 20.8 Å². The molecule has 3 rings (SSSR count). The summed E-state index contributed by atoms with van der Waals surface area (Å²) in [6.07, 6.45) is 6.64. The largest absolute Gasteiger partial charge is 0.393 e. The second kappa shape index (κ2) is 7.64. The van der Waals surface area contributed by atoms with E-state index >= 15 is 0 Å². The first kappa shape index (κ1) is 16.7. The molecule has 0 amide bonds. The van der Waals surface area contributed by atoms with Crippen molar-refractivity contribution in [3.63, 3.8) is 0 Å². The Morgan fingerprint density at radius 3 is 1.91 bits per heavy atom. The molecule has 0 spiro atoms. The first-order valence-electron chi connectivity index (χ1n) is 8.52. The maximum atomic E-state index is 9.58. The van der Waals surface area contributed by atoms with Gasteiger partial charge in [0.25, 0.3) is 0 Å². The zero-order valence-corrected chi connectivity index (χ0v) is 14.0. The fourth-order valence-corrected chi connectivity index (χ4v) is 3.57. The van der Waals surface area contributed by atoms with Gasteiger partial charge in [0.1, 0.15) is 11.0 Å². The summed E-state index contributed by atoms with van der Waals surface area (Å²) in [7, 11) is 0. The van der Waals surface area contributed by atoms with Crippen molar-refractivity contribution in [3.8, 4) is 0 Å². The number of anilines is 2. The number of hydrogen-bond donors (Lipinski definition) is 4. The van der Waals surface area contributed by atoms with E-state index in [1.165, 1.54) is 0 Å². The molecule has 2 aliphatic rings. The molecule has 0 saturated heterocycles. The van der Waals surface area contributed by atoms with Gasteiger partial charge in [-0.25, -0.2) is 4.98 Å². The summed E-state index contributed by atoms with van der Waals surface area (Å²) in [5, 5.41) is 26.3. The number of nitrogens with zero attached hydrogens (tertiary/aromatic N) is 2. The van der Waals surface area contributed by atoms with E-state index in [9.17, 15) is 10.2 Å². The minimum absolute atomic E-state index is 0.166. The number of aromatic nitrogens is 2. The molecule has 7 heteroatoms. The van der Waals surface area contributed by atoms with Crippen LogP contribution in [0.5, 0.6) is 0 Å². The van der Waals surface area contributed by atoms with Crippen LogP contribution in [0.3, 0.4) is 0 Å². The van der Waals surface area contributed by atoms with Crippen LogP contribution in [0.25, 0.3) is 0 Å². The summed E-state index contributed by atoms with van der Waals surface area (Å²) in [5.41, 5.74) is 0. The molecule has 2 saturated carbocycles. The van der Waals surface area contributed by atoms with E-state index in [-0.39, 0.29) is 18.2 Å². The maximum Gasteiger partial charge on any atom is 0.226 e. The third kappa shape index (κ3) is 4.93. The Kier molecular flexibility index (Phi) is 5.56. The number of rotatable bonds is 4. The van der Waals surface area contributed by atoms with Crippen molar-refractivity contribution in [2.75, 3.05) is 10.6 Å². The number of halogens is 1. The van der Waals surface area contributed by atoms with Gasteiger partial charge >= 0.3 is 0 Å². The average molecular weight is 341 g/mol. The van der Waals surface area contributed by atoms with Gasteiger partial charge in [-0.15, -0.1) is 0 Å². The van der Waals surface area contributed by atoms with E-state index in [0.717, 1.165) is 57.2 Å². The van der Waals surface area contributed by atoms with E-state index in [0.29, 0.717) is 17.1 Å². The van der Waals surface area contributed by atoms with Crippen molar-refractivity contribution in [2.45, 2.75) is 75.7 Å². The monoisotopic (exact) mass is 340 g/mol. The summed E-state index contributed by atoms with van der Waals surface area (Å²) in [6.45, 7) is 0. The standard InChI is InChI=1S/C16H25ClN4O2/c17-14-9-15(18-10-1-5-12(22)6-2-10)21-16(20-14)19-11-3-7-13(23)8-4-11/h9-13,22-23H,1-8H2,(H2,18,19,20,21). The van der Waals surface area contributed by atoms with Crippen LogP contribution in [0.4, 0.5) is 11.8 Å². The Morgan fingerprint density at radius 2 is 1.35 bits per heavy atom. The molecule has 1 aromatic heterocycles. The average Bonchev–Trinajstić information content (AvgIpc) is 2.51. The minimum Gasteiger partial charge on any atom is -0.393 e. The van der Waals surface area contributed by atoms with Gasteiger partial charge in [-0.05, 0) is 51.4 Å². The molecule has 1 heterocycles. The van der Waals surface area contributed by atoms with Gasteiger partial charge in [-0.3, -0.25) is 0 Å². The van der Waals surface area contributed by atoms with Crippen LogP contribution in [0.2, 0.25) is 5.15 Å². The lowest BCUT2D eigenvalue weighted by Gasteiger charge is -2.27. The molecule has 0 aromatic carbocycles. The smallest absolute Gasteiger partial charge is 0.226 e. The molecule has 0 unspecified atom stereocenters. The van der Waals surface area contributed by atoms with E-state index in [4.69, 9.17) is 11.6 Å². The highest BCUT2D eigenvalue weighted by molar-refractivity contribution is 6.29. The summed E-state index contributed by atoms with van der Waals surface area (Å²) in [5.74, 6) is 1.27. The summed E-state index contributed by atoms with van der Waals surface area (Å²) >= 11 is 6.12. The Bertz CT molecular complexity index is 473. The number of nitrogens with one attached hydrogen (secondary N) is 2. The van der Waals surface area contributed by atoms with Crippen LogP contribution >= 0.6 is 11.6 Å². The predicted molar refractivity (Wildman–Crippen MR) is 90.8 cm³/mol. The van der Waals surface area contributed by atoms with Crippen molar-refractivity contribution in [1.82, 2.24) is 9.97 Å². The van der Waals surface area contributed by atoms with E-state index in [1.54, 1.807) is 6.07 Å². The van der Waals surface area contributed by atoms with Gasteiger partial charge in [0.15, 0.2) is 0 Å². The summed E-state index contributed by atoms with van der Waals surface area (Å²) in [6, 6.07) is 2.35. The van der Waals surface area contributed by atoms with Crippen LogP contribution in [0.1, 0.15) is 51.4 Å². The highest BCUT2D eigenvalue weighted by Gasteiger charge is 2.22. The van der Waals surface area contributed by atoms with Crippen LogP contribution < -0.4 is 10.6 Å². The highest BCUT2D eigenvalue weighted by atomic mass is 35.5. The fourth-order valence-electron chi connectivity index (χ4n) is 3.39. The van der Waals surface area contributed by atoms with Crippen LogP contribution in [0, 0.1) is 0 Å². The third-order valence-electron chi connectivity index (χ3n) is 4.77. The van der Waals surface area contributed by atoms with Gasteiger partial charge in [-0.1, -0.05) is 11.6 Å². The second-order valence-electron chi connectivity index (χ2n) is 6.70. The lowest BCUT2D eigenvalue weighted by Crippen LogP contribution is -2.30. The molecule has 128 valence electrons. The summed E-state index contributed by atoms with van der Waals surface area (Å²) in [4.78, 5) is 8.77. The molecule has 0 atom stereocenters. The Hall–Kier alpha value is -1.11. The molecule has 0 bridgehead atoms. The molecule has 23 heavy (non-hydrogen) atoms. The molecule has 4 N–H and O–H groups in total. The Labute approximate surface area is 141 Å². The SMILES string of the molecule is OC1CCC(Nc2cc(Cl)nc(NC3CCC(O)CC3)n2)CC1. The fraction of sp³-hybridized carbons (Fsp3) is 0.750. The normalized spacial score (nSPS) is 31.6. The number of aliphatic hydroxyl groups excluding tert-OH is 2. The van der Waals surface area contributed by atoms with Crippen molar-refractivity contribution in [1.29, 1.82) is 0 Å². The van der Waals surface area contributed by atoms with Gasteiger partial charge in [0.2, 0.25) is 5.95 Å².